The van der Waals surface area contributed by atoms with Gasteiger partial charge in [0.2, 0.25) is 10.0 Å². The Kier molecular flexibility index (Phi) is 7.00. The standard InChI is InChI=1S/C13H19Br2NO2S/c1-3-10(4-2)13(15)9-16-19(17,18)12-7-5-6-11(14)8-12/h5-8,10,13,16H,3-4,9H2,1-2H3. The third-order valence-electron chi connectivity index (χ3n) is 3.14. The number of halogens is 2. The van der Waals surface area contributed by atoms with Crippen LogP contribution in [-0.2, 0) is 10.0 Å². The van der Waals surface area contributed by atoms with Crippen molar-refractivity contribution in [1.82, 2.24) is 4.72 Å². The minimum atomic E-state index is -3.44. The third kappa shape index (κ3) is 5.17. The van der Waals surface area contributed by atoms with Crippen molar-refractivity contribution in [3.63, 3.8) is 0 Å². The smallest absolute Gasteiger partial charge is 0.210 e. The summed E-state index contributed by atoms with van der Waals surface area (Å²) in [5.41, 5.74) is 0. The first-order valence-electron chi connectivity index (χ1n) is 6.30. The molecule has 0 aliphatic rings. The molecule has 0 saturated carbocycles. The fourth-order valence-corrected chi connectivity index (χ4v) is 4.65. The molecule has 1 aromatic carbocycles. The van der Waals surface area contributed by atoms with Crippen LogP contribution in [0.4, 0.5) is 0 Å². The Labute approximate surface area is 132 Å². The molecule has 0 heterocycles. The molecule has 3 nitrogen and oxygen atoms in total. The van der Waals surface area contributed by atoms with Crippen LogP contribution in [0.5, 0.6) is 0 Å². The van der Waals surface area contributed by atoms with E-state index in [9.17, 15) is 8.42 Å². The van der Waals surface area contributed by atoms with Gasteiger partial charge in [-0.05, 0) is 24.1 Å². The van der Waals surface area contributed by atoms with Crippen molar-refractivity contribution in [3.8, 4) is 0 Å². The van der Waals surface area contributed by atoms with E-state index in [0.717, 1.165) is 17.3 Å². The lowest BCUT2D eigenvalue weighted by Gasteiger charge is -2.19. The van der Waals surface area contributed by atoms with E-state index in [4.69, 9.17) is 0 Å². The first kappa shape index (κ1) is 17.1. The number of rotatable bonds is 7. The van der Waals surface area contributed by atoms with Crippen molar-refractivity contribution < 1.29 is 8.42 Å². The van der Waals surface area contributed by atoms with Gasteiger partial charge in [-0.1, -0.05) is 64.6 Å². The number of nitrogens with one attached hydrogen (secondary N) is 1. The molecule has 0 spiro atoms. The largest absolute Gasteiger partial charge is 0.240 e. The summed E-state index contributed by atoms with van der Waals surface area (Å²) in [6.45, 7) is 4.64. The zero-order valence-electron chi connectivity index (χ0n) is 11.1. The number of hydrogen-bond acceptors (Lipinski definition) is 2. The van der Waals surface area contributed by atoms with Crippen LogP contribution in [0.25, 0.3) is 0 Å². The zero-order valence-corrected chi connectivity index (χ0v) is 15.1. The summed E-state index contributed by atoms with van der Waals surface area (Å²) < 4.78 is 27.7. The van der Waals surface area contributed by atoms with Gasteiger partial charge in [-0.3, -0.25) is 0 Å². The highest BCUT2D eigenvalue weighted by molar-refractivity contribution is 9.10. The molecule has 1 N–H and O–H groups in total. The molecule has 0 bridgehead atoms. The molecule has 0 aromatic heterocycles. The maximum absolute atomic E-state index is 12.1. The second kappa shape index (κ2) is 7.76. The number of benzene rings is 1. The molecule has 108 valence electrons. The van der Waals surface area contributed by atoms with Gasteiger partial charge in [-0.25, -0.2) is 13.1 Å². The van der Waals surface area contributed by atoms with E-state index in [1.54, 1.807) is 24.3 Å². The molecule has 1 unspecified atom stereocenters. The average Bonchev–Trinajstić information content (AvgIpc) is 2.38. The van der Waals surface area contributed by atoms with E-state index in [1.165, 1.54) is 0 Å². The van der Waals surface area contributed by atoms with Crippen molar-refractivity contribution in [2.75, 3.05) is 6.54 Å². The SMILES string of the molecule is CCC(CC)C(Br)CNS(=O)(=O)c1cccc(Br)c1. The van der Waals surface area contributed by atoms with Gasteiger partial charge in [-0.2, -0.15) is 0 Å². The van der Waals surface area contributed by atoms with Gasteiger partial charge in [0.15, 0.2) is 0 Å². The Morgan fingerprint density at radius 1 is 1.26 bits per heavy atom. The van der Waals surface area contributed by atoms with Crippen LogP contribution < -0.4 is 4.72 Å². The zero-order chi connectivity index (χ0) is 14.5. The summed E-state index contributed by atoms with van der Waals surface area (Å²) in [5.74, 6) is 0.477. The monoisotopic (exact) mass is 411 g/mol. The molecule has 0 fully saturated rings. The van der Waals surface area contributed by atoms with Crippen LogP contribution in [0.3, 0.4) is 0 Å². The van der Waals surface area contributed by atoms with Gasteiger partial charge >= 0.3 is 0 Å². The number of hydrogen-bond donors (Lipinski definition) is 1. The predicted octanol–water partition coefficient (Wildman–Crippen LogP) is 3.93. The Morgan fingerprint density at radius 3 is 2.42 bits per heavy atom. The van der Waals surface area contributed by atoms with E-state index in [-0.39, 0.29) is 9.72 Å². The Morgan fingerprint density at radius 2 is 1.89 bits per heavy atom. The molecule has 0 aliphatic heterocycles. The van der Waals surface area contributed by atoms with Crippen molar-refractivity contribution in [2.24, 2.45) is 5.92 Å². The Hall–Kier alpha value is 0.0900. The lowest BCUT2D eigenvalue weighted by molar-refractivity contribution is 0.471. The summed E-state index contributed by atoms with van der Waals surface area (Å²) in [6, 6.07) is 6.71. The Balaban J connectivity index is 2.71. The second-order valence-corrected chi connectivity index (χ2v) is 8.26. The van der Waals surface area contributed by atoms with Gasteiger partial charge in [-0.15, -0.1) is 0 Å². The first-order valence-corrected chi connectivity index (χ1v) is 9.49. The van der Waals surface area contributed by atoms with E-state index < -0.39 is 10.0 Å². The van der Waals surface area contributed by atoms with E-state index in [1.807, 2.05) is 0 Å². The van der Waals surface area contributed by atoms with Crippen LogP contribution in [-0.4, -0.2) is 19.8 Å². The minimum absolute atomic E-state index is 0.157. The fraction of sp³-hybridized carbons (Fsp3) is 0.538. The van der Waals surface area contributed by atoms with Gasteiger partial charge < -0.3 is 0 Å². The summed E-state index contributed by atoms with van der Waals surface area (Å²) in [4.78, 5) is 0.440. The summed E-state index contributed by atoms with van der Waals surface area (Å²) in [7, 11) is -3.44. The fourth-order valence-electron chi connectivity index (χ4n) is 1.87. The summed E-state index contributed by atoms with van der Waals surface area (Å²) >= 11 is 6.85. The highest BCUT2D eigenvalue weighted by atomic mass is 79.9. The van der Waals surface area contributed by atoms with Crippen LogP contribution in [0.15, 0.2) is 33.6 Å². The highest BCUT2D eigenvalue weighted by Gasteiger charge is 2.19. The normalized spacial score (nSPS) is 13.7. The predicted molar refractivity (Wildman–Crippen MR) is 86.1 cm³/mol. The highest BCUT2D eigenvalue weighted by Crippen LogP contribution is 2.21. The molecule has 0 radical (unpaired) electrons. The summed E-state index contributed by atoms with van der Waals surface area (Å²) in [5, 5.41) is 0. The second-order valence-electron chi connectivity index (χ2n) is 4.40. The maximum Gasteiger partial charge on any atom is 0.240 e. The van der Waals surface area contributed by atoms with E-state index >= 15 is 0 Å². The lowest BCUT2D eigenvalue weighted by atomic mass is 10.00. The van der Waals surface area contributed by atoms with Gasteiger partial charge in [0.05, 0.1) is 4.90 Å². The van der Waals surface area contributed by atoms with Crippen LogP contribution in [0, 0.1) is 5.92 Å². The van der Waals surface area contributed by atoms with Gasteiger partial charge in [0.1, 0.15) is 0 Å². The van der Waals surface area contributed by atoms with Crippen LogP contribution >= 0.6 is 31.9 Å². The molecule has 0 amide bonds. The summed E-state index contributed by atoms with van der Waals surface area (Å²) in [6.07, 6.45) is 2.07. The Bertz CT molecular complexity index is 501. The first-order chi connectivity index (χ1) is 8.90. The van der Waals surface area contributed by atoms with Gasteiger partial charge in [0, 0.05) is 15.8 Å². The van der Waals surface area contributed by atoms with Crippen LogP contribution in [0.2, 0.25) is 0 Å². The topological polar surface area (TPSA) is 46.2 Å². The van der Waals surface area contributed by atoms with Gasteiger partial charge in [0.25, 0.3) is 0 Å². The molecule has 0 aliphatic carbocycles. The molecule has 1 aromatic rings. The maximum atomic E-state index is 12.1. The number of alkyl halides is 1. The van der Waals surface area contributed by atoms with Crippen molar-refractivity contribution in [3.05, 3.63) is 28.7 Å². The van der Waals surface area contributed by atoms with Crippen molar-refractivity contribution >= 4 is 41.9 Å². The molecule has 6 heteroatoms. The molecule has 19 heavy (non-hydrogen) atoms. The molecule has 1 rings (SSSR count). The quantitative estimate of drug-likeness (QED) is 0.689. The molecular weight excluding hydrogens is 394 g/mol. The molecule has 1 atom stereocenters. The third-order valence-corrected chi connectivity index (χ3v) is 6.12. The average molecular weight is 413 g/mol. The van der Waals surface area contributed by atoms with Crippen LogP contribution in [0.1, 0.15) is 26.7 Å². The minimum Gasteiger partial charge on any atom is -0.210 e. The lowest BCUT2D eigenvalue weighted by Crippen LogP contribution is -2.32. The van der Waals surface area contributed by atoms with E-state index in [2.05, 4.69) is 50.4 Å². The van der Waals surface area contributed by atoms with Crippen molar-refractivity contribution in [2.45, 2.75) is 36.4 Å². The van der Waals surface area contributed by atoms with E-state index in [0.29, 0.717) is 12.5 Å². The van der Waals surface area contributed by atoms with Crippen molar-refractivity contribution in [1.29, 1.82) is 0 Å². The molecule has 0 saturated heterocycles. The number of sulfonamides is 1. The molecular formula is C13H19Br2NO2S.